The molecule has 0 amide bonds. The average molecular weight is 580 g/mol. The largest absolute Gasteiger partial charge is 0.457 e. The van der Waals surface area contributed by atoms with Crippen LogP contribution in [0, 0.1) is 0 Å². The molecular formula is C24H37IO8. The van der Waals surface area contributed by atoms with Gasteiger partial charge in [-0.25, -0.2) is 4.79 Å². The smallest absolute Gasteiger partial charge is 0.379 e. The second-order valence-corrected chi connectivity index (χ2v) is 8.07. The van der Waals surface area contributed by atoms with Crippen molar-refractivity contribution in [3.8, 4) is 0 Å². The summed E-state index contributed by atoms with van der Waals surface area (Å²) < 4.78 is 33.2. The zero-order valence-electron chi connectivity index (χ0n) is 19.3. The SMILES string of the molecule is O=C(OCCOCCOCCOCCOCCOCCCCCCI)C(=O)c1ccccc1. The third-order valence-electron chi connectivity index (χ3n) is 4.34. The van der Waals surface area contributed by atoms with Crippen molar-refractivity contribution in [2.24, 2.45) is 0 Å². The van der Waals surface area contributed by atoms with E-state index < -0.39 is 11.8 Å². The molecule has 0 aliphatic heterocycles. The van der Waals surface area contributed by atoms with E-state index in [2.05, 4.69) is 22.6 Å². The van der Waals surface area contributed by atoms with Gasteiger partial charge in [0.15, 0.2) is 0 Å². The lowest BCUT2D eigenvalue weighted by Gasteiger charge is -2.08. The van der Waals surface area contributed by atoms with Crippen molar-refractivity contribution in [3.63, 3.8) is 0 Å². The molecule has 188 valence electrons. The van der Waals surface area contributed by atoms with Crippen LogP contribution in [0.15, 0.2) is 30.3 Å². The normalized spacial score (nSPS) is 10.9. The van der Waals surface area contributed by atoms with Crippen LogP contribution >= 0.6 is 22.6 Å². The summed E-state index contributed by atoms with van der Waals surface area (Å²) >= 11 is 2.41. The Morgan fingerprint density at radius 1 is 0.576 bits per heavy atom. The molecule has 0 spiro atoms. The molecule has 0 fully saturated rings. The van der Waals surface area contributed by atoms with Gasteiger partial charge in [0.2, 0.25) is 0 Å². The van der Waals surface area contributed by atoms with E-state index in [1.807, 2.05) is 0 Å². The third kappa shape index (κ3) is 18.0. The molecule has 0 radical (unpaired) electrons. The van der Waals surface area contributed by atoms with Gasteiger partial charge in [-0.3, -0.25) is 4.79 Å². The van der Waals surface area contributed by atoms with Crippen LogP contribution in [0.25, 0.3) is 0 Å². The number of ether oxygens (including phenoxy) is 6. The van der Waals surface area contributed by atoms with Gasteiger partial charge >= 0.3 is 5.97 Å². The maximum absolute atomic E-state index is 11.8. The van der Waals surface area contributed by atoms with Gasteiger partial charge in [0, 0.05) is 12.2 Å². The summed E-state index contributed by atoms with van der Waals surface area (Å²) in [5, 5.41) is 0. The van der Waals surface area contributed by atoms with Gasteiger partial charge in [-0.1, -0.05) is 65.8 Å². The summed E-state index contributed by atoms with van der Waals surface area (Å²) in [6.07, 6.45) is 4.93. The van der Waals surface area contributed by atoms with E-state index >= 15 is 0 Å². The van der Waals surface area contributed by atoms with Crippen LogP contribution in [0.2, 0.25) is 0 Å². The monoisotopic (exact) mass is 580 g/mol. The second-order valence-electron chi connectivity index (χ2n) is 7.00. The third-order valence-corrected chi connectivity index (χ3v) is 5.11. The summed E-state index contributed by atoms with van der Waals surface area (Å²) in [6, 6.07) is 8.29. The fraction of sp³-hybridized carbons (Fsp3) is 0.667. The molecule has 1 rings (SSSR count). The topological polar surface area (TPSA) is 89.5 Å². The second kappa shape index (κ2) is 22.7. The fourth-order valence-electron chi connectivity index (χ4n) is 2.60. The van der Waals surface area contributed by atoms with Crippen molar-refractivity contribution < 1.29 is 38.0 Å². The Kier molecular flexibility index (Phi) is 20.6. The highest BCUT2D eigenvalue weighted by molar-refractivity contribution is 14.1. The number of benzene rings is 1. The van der Waals surface area contributed by atoms with Gasteiger partial charge in [0.1, 0.15) is 6.61 Å². The molecule has 0 saturated heterocycles. The summed E-state index contributed by atoms with van der Waals surface area (Å²) in [5.74, 6) is -1.54. The number of halogens is 1. The number of Topliss-reactive ketones (excluding diaryl/α,β-unsaturated/α-hetero) is 1. The van der Waals surface area contributed by atoms with Crippen molar-refractivity contribution >= 4 is 34.3 Å². The molecule has 0 atom stereocenters. The number of hydrogen-bond donors (Lipinski definition) is 0. The molecule has 0 N–H and O–H groups in total. The van der Waals surface area contributed by atoms with Crippen molar-refractivity contribution in [1.82, 2.24) is 0 Å². The zero-order valence-corrected chi connectivity index (χ0v) is 21.5. The van der Waals surface area contributed by atoms with Crippen LogP contribution in [0.4, 0.5) is 0 Å². The molecule has 8 nitrogen and oxygen atoms in total. The summed E-state index contributed by atoms with van der Waals surface area (Å²) in [6.45, 7) is 5.01. The molecule has 0 unspecified atom stereocenters. The number of carbonyl (C=O) groups is 2. The number of esters is 1. The van der Waals surface area contributed by atoms with Gasteiger partial charge in [-0.2, -0.15) is 0 Å². The highest BCUT2D eigenvalue weighted by Crippen LogP contribution is 2.02. The molecule has 9 heteroatoms. The van der Waals surface area contributed by atoms with E-state index in [0.717, 1.165) is 13.0 Å². The Hall–Kier alpha value is -1.11. The molecule has 0 aliphatic carbocycles. The molecule has 33 heavy (non-hydrogen) atoms. The first-order valence-corrected chi connectivity index (χ1v) is 13.0. The van der Waals surface area contributed by atoms with Crippen molar-refractivity contribution in [2.75, 3.05) is 77.1 Å². The maximum Gasteiger partial charge on any atom is 0.379 e. The minimum Gasteiger partial charge on any atom is -0.457 e. The fourth-order valence-corrected chi connectivity index (χ4v) is 3.14. The van der Waals surface area contributed by atoms with E-state index in [0.29, 0.717) is 58.4 Å². The molecule has 0 bridgehead atoms. The quantitative estimate of drug-likeness (QED) is 0.0486. The van der Waals surface area contributed by atoms with E-state index in [4.69, 9.17) is 28.4 Å². The predicted octanol–water partition coefficient (Wildman–Crippen LogP) is 3.49. The Balaban J connectivity index is 1.75. The van der Waals surface area contributed by atoms with Crippen LogP contribution in [-0.4, -0.2) is 88.9 Å². The van der Waals surface area contributed by atoms with Crippen LogP contribution in [0.1, 0.15) is 36.0 Å². The molecule has 0 aromatic heterocycles. The number of ketones is 1. The number of alkyl halides is 1. The molecule has 1 aromatic rings. The summed E-state index contributed by atoms with van der Waals surface area (Å²) in [7, 11) is 0. The summed E-state index contributed by atoms with van der Waals surface area (Å²) in [4.78, 5) is 23.5. The molecular weight excluding hydrogens is 543 g/mol. The van der Waals surface area contributed by atoms with E-state index in [-0.39, 0.29) is 13.2 Å². The number of carbonyl (C=O) groups excluding carboxylic acids is 2. The summed E-state index contributed by atoms with van der Waals surface area (Å²) in [5.41, 5.74) is 0.308. The molecule has 1 aromatic carbocycles. The van der Waals surface area contributed by atoms with Crippen molar-refractivity contribution in [1.29, 1.82) is 0 Å². The minimum atomic E-state index is -0.882. The Morgan fingerprint density at radius 2 is 1.03 bits per heavy atom. The maximum atomic E-state index is 11.8. The highest BCUT2D eigenvalue weighted by Gasteiger charge is 2.16. The average Bonchev–Trinajstić information content (AvgIpc) is 2.85. The minimum absolute atomic E-state index is 0.0181. The number of hydrogen-bond acceptors (Lipinski definition) is 8. The Morgan fingerprint density at radius 3 is 1.55 bits per heavy atom. The van der Waals surface area contributed by atoms with Gasteiger partial charge in [0.05, 0.1) is 59.5 Å². The Labute approximate surface area is 210 Å². The Bertz CT molecular complexity index is 599. The number of rotatable bonds is 23. The van der Waals surface area contributed by atoms with Gasteiger partial charge in [-0.15, -0.1) is 0 Å². The van der Waals surface area contributed by atoms with E-state index in [1.165, 1.54) is 23.7 Å². The van der Waals surface area contributed by atoms with Crippen LogP contribution in [0.3, 0.4) is 0 Å². The first-order chi connectivity index (χ1) is 16.3. The lowest BCUT2D eigenvalue weighted by atomic mass is 10.1. The van der Waals surface area contributed by atoms with E-state index in [1.54, 1.807) is 30.3 Å². The van der Waals surface area contributed by atoms with Gasteiger partial charge < -0.3 is 28.4 Å². The lowest BCUT2D eigenvalue weighted by Crippen LogP contribution is -2.20. The lowest BCUT2D eigenvalue weighted by molar-refractivity contribution is -0.139. The zero-order chi connectivity index (χ0) is 23.8. The van der Waals surface area contributed by atoms with Gasteiger partial charge in [0.25, 0.3) is 5.78 Å². The van der Waals surface area contributed by atoms with Crippen LogP contribution in [0.5, 0.6) is 0 Å². The first kappa shape index (κ1) is 29.9. The highest BCUT2D eigenvalue weighted by atomic mass is 127. The molecule has 0 aliphatic rings. The molecule has 0 heterocycles. The predicted molar refractivity (Wildman–Crippen MR) is 133 cm³/mol. The van der Waals surface area contributed by atoms with Crippen LogP contribution in [-0.2, 0) is 33.2 Å². The van der Waals surface area contributed by atoms with Crippen LogP contribution < -0.4 is 0 Å². The standard InChI is InChI=1S/C24H37IO8/c25-10-6-1-2-7-11-28-12-13-29-14-15-30-16-17-31-18-19-32-20-21-33-24(27)23(26)22-8-4-3-5-9-22/h3-5,8-9H,1-2,6-7,10-21H2. The van der Waals surface area contributed by atoms with Gasteiger partial charge in [-0.05, 0) is 17.3 Å². The van der Waals surface area contributed by atoms with Crippen molar-refractivity contribution in [3.05, 3.63) is 35.9 Å². The van der Waals surface area contributed by atoms with E-state index in [9.17, 15) is 9.59 Å². The molecule has 0 saturated carbocycles. The number of unbranched alkanes of at least 4 members (excludes halogenated alkanes) is 3. The first-order valence-electron chi connectivity index (χ1n) is 11.5. The van der Waals surface area contributed by atoms with Crippen molar-refractivity contribution in [2.45, 2.75) is 25.7 Å².